The number of benzene rings is 1. The smallest absolute Gasteiger partial charge is 0.0595 e. The van der Waals surface area contributed by atoms with Gasteiger partial charge in [-0.25, -0.2) is 0 Å². The highest BCUT2D eigenvalue weighted by Crippen LogP contribution is 2.26. The van der Waals surface area contributed by atoms with Gasteiger partial charge in [0.1, 0.15) is 0 Å². The number of hydrogen-bond acceptors (Lipinski definition) is 1. The Morgan fingerprint density at radius 3 is 2.54 bits per heavy atom. The van der Waals surface area contributed by atoms with Crippen LogP contribution in [0.4, 0.5) is 0 Å². The number of halogens is 2. The summed E-state index contributed by atoms with van der Waals surface area (Å²) in [4.78, 5) is 0. The van der Waals surface area contributed by atoms with Crippen molar-refractivity contribution in [1.82, 2.24) is 0 Å². The van der Waals surface area contributed by atoms with Gasteiger partial charge in [0.25, 0.3) is 0 Å². The first-order valence-electron chi connectivity index (χ1n) is 4.09. The molecular weight excluding hydrogens is 207 g/mol. The molecule has 72 valence electrons. The van der Waals surface area contributed by atoms with E-state index >= 15 is 0 Å². The van der Waals surface area contributed by atoms with Crippen molar-refractivity contribution in [1.29, 1.82) is 0 Å². The summed E-state index contributed by atoms with van der Waals surface area (Å²) in [5, 5.41) is 1.19. The fraction of sp³-hybridized carbons (Fsp3) is 0.400. The van der Waals surface area contributed by atoms with E-state index in [2.05, 4.69) is 6.92 Å². The van der Waals surface area contributed by atoms with Gasteiger partial charge < -0.3 is 4.74 Å². The highest BCUT2D eigenvalue weighted by atomic mass is 35.5. The Hall–Kier alpha value is -0.240. The van der Waals surface area contributed by atoms with E-state index in [1.54, 1.807) is 7.11 Å². The molecule has 1 aromatic carbocycles. The zero-order valence-corrected chi connectivity index (χ0v) is 9.19. The van der Waals surface area contributed by atoms with Gasteiger partial charge in [-0.2, -0.15) is 0 Å². The van der Waals surface area contributed by atoms with E-state index in [9.17, 15) is 0 Å². The van der Waals surface area contributed by atoms with Gasteiger partial charge >= 0.3 is 0 Å². The van der Waals surface area contributed by atoms with E-state index in [1.807, 2.05) is 18.2 Å². The zero-order chi connectivity index (χ0) is 9.84. The molecule has 0 radical (unpaired) electrons. The number of rotatable bonds is 3. The van der Waals surface area contributed by atoms with Crippen molar-refractivity contribution in [3.05, 3.63) is 33.8 Å². The van der Waals surface area contributed by atoms with Crippen LogP contribution < -0.4 is 0 Å². The molecule has 0 amide bonds. The Bertz CT molecular complexity index is 286. The minimum absolute atomic E-state index is 0.347. The van der Waals surface area contributed by atoms with Crippen molar-refractivity contribution < 1.29 is 4.74 Å². The van der Waals surface area contributed by atoms with Crippen LogP contribution in [-0.2, 0) is 4.74 Å². The lowest BCUT2D eigenvalue weighted by Gasteiger charge is -2.10. The van der Waals surface area contributed by atoms with Crippen LogP contribution in [0, 0.1) is 0 Å². The second kappa shape index (κ2) is 4.85. The Morgan fingerprint density at radius 2 is 2.00 bits per heavy atom. The number of ether oxygens (including phenoxy) is 1. The maximum atomic E-state index is 5.89. The molecule has 3 heteroatoms. The van der Waals surface area contributed by atoms with Crippen molar-refractivity contribution in [2.45, 2.75) is 12.8 Å². The van der Waals surface area contributed by atoms with E-state index in [1.165, 1.54) is 0 Å². The summed E-state index contributed by atoms with van der Waals surface area (Å²) in [6.45, 7) is 2.78. The molecule has 0 aliphatic rings. The second-order valence-electron chi connectivity index (χ2n) is 3.03. The van der Waals surface area contributed by atoms with Crippen LogP contribution in [0.15, 0.2) is 18.2 Å². The first kappa shape index (κ1) is 10.8. The third-order valence-corrected chi connectivity index (χ3v) is 2.67. The molecule has 0 spiro atoms. The summed E-state index contributed by atoms with van der Waals surface area (Å²) in [5.74, 6) is 0.347. The van der Waals surface area contributed by atoms with Crippen LogP contribution >= 0.6 is 23.2 Å². The molecule has 0 heterocycles. The fourth-order valence-corrected chi connectivity index (χ4v) is 1.47. The lowest BCUT2D eigenvalue weighted by atomic mass is 10.0. The van der Waals surface area contributed by atoms with Gasteiger partial charge in [-0.3, -0.25) is 0 Å². The third-order valence-electron chi connectivity index (χ3n) is 1.93. The largest absolute Gasteiger partial charge is 0.384 e. The first-order valence-corrected chi connectivity index (χ1v) is 4.84. The zero-order valence-electron chi connectivity index (χ0n) is 7.68. The summed E-state index contributed by atoms with van der Waals surface area (Å²) < 4.78 is 5.05. The van der Waals surface area contributed by atoms with E-state index in [4.69, 9.17) is 27.9 Å². The average Bonchev–Trinajstić information content (AvgIpc) is 2.10. The lowest BCUT2D eigenvalue weighted by Crippen LogP contribution is -2.01. The summed E-state index contributed by atoms with van der Waals surface area (Å²) in [5.41, 5.74) is 1.15. The fourth-order valence-electron chi connectivity index (χ4n) is 1.17. The Labute approximate surface area is 88.6 Å². The standard InChI is InChI=1S/C10H12Cl2O/c1-7(6-13-2)8-3-4-9(11)10(12)5-8/h3-5,7H,6H2,1-2H3/t7-/m0/s1. The van der Waals surface area contributed by atoms with Crippen LogP contribution in [0.25, 0.3) is 0 Å². The minimum Gasteiger partial charge on any atom is -0.384 e. The van der Waals surface area contributed by atoms with Crippen LogP contribution in [0.2, 0.25) is 10.0 Å². The molecule has 0 aliphatic carbocycles. The number of hydrogen-bond donors (Lipinski definition) is 0. The molecule has 1 nitrogen and oxygen atoms in total. The van der Waals surface area contributed by atoms with E-state index in [0.717, 1.165) is 5.56 Å². The SMILES string of the molecule is COC[C@H](C)c1ccc(Cl)c(Cl)c1. The van der Waals surface area contributed by atoms with Gasteiger partial charge in [0.15, 0.2) is 0 Å². The maximum Gasteiger partial charge on any atom is 0.0595 e. The lowest BCUT2D eigenvalue weighted by molar-refractivity contribution is 0.184. The van der Waals surface area contributed by atoms with Gasteiger partial charge in [-0.1, -0.05) is 36.2 Å². The first-order chi connectivity index (χ1) is 6.15. The molecule has 0 bridgehead atoms. The van der Waals surface area contributed by atoms with Gasteiger partial charge in [0, 0.05) is 13.0 Å². The predicted molar refractivity (Wildman–Crippen MR) is 56.8 cm³/mol. The Balaban J connectivity index is 2.84. The van der Waals surface area contributed by atoms with Crippen molar-refractivity contribution in [3.8, 4) is 0 Å². The van der Waals surface area contributed by atoms with Crippen molar-refractivity contribution in [2.75, 3.05) is 13.7 Å². The quantitative estimate of drug-likeness (QED) is 0.752. The molecule has 13 heavy (non-hydrogen) atoms. The van der Waals surface area contributed by atoms with Gasteiger partial charge in [0.2, 0.25) is 0 Å². The predicted octanol–water partition coefficient (Wildman–Crippen LogP) is 3.74. The topological polar surface area (TPSA) is 9.23 Å². The molecule has 0 aliphatic heterocycles. The molecule has 0 saturated carbocycles. The van der Waals surface area contributed by atoms with Crippen molar-refractivity contribution >= 4 is 23.2 Å². The average molecular weight is 219 g/mol. The maximum absolute atomic E-state index is 5.89. The summed E-state index contributed by atoms with van der Waals surface area (Å²) >= 11 is 11.7. The van der Waals surface area contributed by atoms with Crippen LogP contribution in [-0.4, -0.2) is 13.7 Å². The molecule has 0 fully saturated rings. The van der Waals surface area contributed by atoms with Gasteiger partial charge in [-0.15, -0.1) is 0 Å². The van der Waals surface area contributed by atoms with Crippen molar-refractivity contribution in [2.24, 2.45) is 0 Å². The van der Waals surface area contributed by atoms with Crippen LogP contribution in [0.1, 0.15) is 18.4 Å². The van der Waals surface area contributed by atoms with Gasteiger partial charge in [-0.05, 0) is 17.7 Å². The van der Waals surface area contributed by atoms with E-state index in [-0.39, 0.29) is 0 Å². The Morgan fingerprint density at radius 1 is 1.31 bits per heavy atom. The minimum atomic E-state index is 0.347. The number of methoxy groups -OCH3 is 1. The molecule has 1 rings (SSSR count). The summed E-state index contributed by atoms with van der Waals surface area (Å²) in [7, 11) is 1.69. The third kappa shape index (κ3) is 2.87. The van der Waals surface area contributed by atoms with Gasteiger partial charge in [0.05, 0.1) is 16.7 Å². The molecule has 0 N–H and O–H groups in total. The molecule has 0 unspecified atom stereocenters. The normalized spacial score (nSPS) is 12.9. The van der Waals surface area contributed by atoms with Crippen LogP contribution in [0.5, 0.6) is 0 Å². The molecule has 0 aromatic heterocycles. The summed E-state index contributed by atoms with van der Waals surface area (Å²) in [6, 6.07) is 5.66. The second-order valence-corrected chi connectivity index (χ2v) is 3.84. The van der Waals surface area contributed by atoms with Crippen molar-refractivity contribution in [3.63, 3.8) is 0 Å². The molecule has 1 aromatic rings. The monoisotopic (exact) mass is 218 g/mol. The van der Waals surface area contributed by atoms with Crippen LogP contribution in [0.3, 0.4) is 0 Å². The highest BCUT2D eigenvalue weighted by Gasteiger charge is 2.06. The van der Waals surface area contributed by atoms with E-state index < -0.39 is 0 Å². The van der Waals surface area contributed by atoms with E-state index in [0.29, 0.717) is 22.6 Å². The molecule has 0 saturated heterocycles. The Kier molecular flexibility index (Phi) is 4.04. The molecule has 1 atom stereocenters. The summed E-state index contributed by atoms with van der Waals surface area (Å²) in [6.07, 6.45) is 0. The highest BCUT2D eigenvalue weighted by molar-refractivity contribution is 6.42. The molecular formula is C10H12Cl2O.